The molecule has 1 nitrogen and oxygen atoms in total. The van der Waals surface area contributed by atoms with Crippen LogP contribution in [0.1, 0.15) is 19.3 Å². The van der Waals surface area contributed by atoms with E-state index in [1.165, 1.54) is 12.8 Å². The molecule has 2 saturated carbocycles. The highest BCUT2D eigenvalue weighted by Gasteiger charge is 2.45. The molecule has 2 fully saturated rings. The van der Waals surface area contributed by atoms with E-state index in [-0.39, 0.29) is 6.10 Å². The fourth-order valence-corrected chi connectivity index (χ4v) is 2.49. The van der Waals surface area contributed by atoms with Gasteiger partial charge in [0.15, 0.2) is 0 Å². The SMILES string of the molecule is O[C@@H]1C[C@@H]2C[C@@H]2C[C@H]1Br. The maximum atomic E-state index is 9.33. The van der Waals surface area contributed by atoms with Crippen molar-refractivity contribution in [1.29, 1.82) is 0 Å². The van der Waals surface area contributed by atoms with Gasteiger partial charge < -0.3 is 5.11 Å². The highest BCUT2D eigenvalue weighted by molar-refractivity contribution is 9.09. The number of aliphatic hydroxyl groups is 1. The molecule has 0 aliphatic heterocycles. The number of hydrogen-bond acceptors (Lipinski definition) is 1. The third kappa shape index (κ3) is 1.03. The van der Waals surface area contributed by atoms with Gasteiger partial charge in [0.05, 0.1) is 6.10 Å². The van der Waals surface area contributed by atoms with Crippen LogP contribution in [-0.2, 0) is 0 Å². The zero-order valence-electron chi connectivity index (χ0n) is 5.26. The average Bonchev–Trinajstić information content (AvgIpc) is 2.46. The molecule has 0 aromatic heterocycles. The Labute approximate surface area is 63.6 Å². The Bertz CT molecular complexity index is 112. The minimum Gasteiger partial charge on any atom is -0.392 e. The summed E-state index contributed by atoms with van der Waals surface area (Å²) in [6.07, 6.45) is 3.56. The topological polar surface area (TPSA) is 20.2 Å². The van der Waals surface area contributed by atoms with Crippen molar-refractivity contribution in [3.05, 3.63) is 0 Å². The van der Waals surface area contributed by atoms with Crippen LogP contribution in [0.3, 0.4) is 0 Å². The van der Waals surface area contributed by atoms with Crippen molar-refractivity contribution < 1.29 is 5.11 Å². The van der Waals surface area contributed by atoms with Gasteiger partial charge in [-0.25, -0.2) is 0 Å². The molecule has 4 atom stereocenters. The van der Waals surface area contributed by atoms with E-state index in [1.54, 1.807) is 0 Å². The molecule has 2 rings (SSSR count). The molecular formula is C7H11BrO. The molecule has 0 aromatic rings. The summed E-state index contributed by atoms with van der Waals surface area (Å²) in [5.74, 6) is 1.84. The van der Waals surface area contributed by atoms with E-state index >= 15 is 0 Å². The van der Waals surface area contributed by atoms with E-state index in [0.717, 1.165) is 18.3 Å². The fourth-order valence-electron chi connectivity index (χ4n) is 1.79. The smallest absolute Gasteiger partial charge is 0.0668 e. The van der Waals surface area contributed by atoms with Crippen molar-refractivity contribution in [3.63, 3.8) is 0 Å². The van der Waals surface area contributed by atoms with Gasteiger partial charge in [-0.1, -0.05) is 15.9 Å². The summed E-state index contributed by atoms with van der Waals surface area (Å²) in [5, 5.41) is 9.33. The molecule has 0 saturated heterocycles. The van der Waals surface area contributed by atoms with Gasteiger partial charge in [-0.15, -0.1) is 0 Å². The summed E-state index contributed by atoms with van der Waals surface area (Å²) in [6.45, 7) is 0. The largest absolute Gasteiger partial charge is 0.392 e. The minimum absolute atomic E-state index is 0.0613. The maximum Gasteiger partial charge on any atom is 0.0668 e. The Kier molecular flexibility index (Phi) is 1.34. The molecule has 0 radical (unpaired) electrons. The lowest BCUT2D eigenvalue weighted by Crippen LogP contribution is -2.25. The Morgan fingerprint density at radius 3 is 2.44 bits per heavy atom. The lowest BCUT2D eigenvalue weighted by molar-refractivity contribution is 0.134. The number of halogens is 1. The zero-order chi connectivity index (χ0) is 6.43. The summed E-state index contributed by atoms with van der Waals surface area (Å²) < 4.78 is 0. The third-order valence-electron chi connectivity index (χ3n) is 2.56. The van der Waals surface area contributed by atoms with Crippen molar-refractivity contribution in [2.24, 2.45) is 11.8 Å². The second-order valence-corrected chi connectivity index (χ2v) is 4.49. The summed E-state index contributed by atoms with van der Waals surface area (Å²) in [4.78, 5) is 0.390. The molecule has 52 valence electrons. The van der Waals surface area contributed by atoms with Gasteiger partial charge >= 0.3 is 0 Å². The quantitative estimate of drug-likeness (QED) is 0.576. The maximum absolute atomic E-state index is 9.33. The van der Waals surface area contributed by atoms with Gasteiger partial charge in [-0.05, 0) is 31.1 Å². The molecule has 0 unspecified atom stereocenters. The van der Waals surface area contributed by atoms with Crippen molar-refractivity contribution in [3.8, 4) is 0 Å². The number of fused-ring (bicyclic) bond motifs is 1. The Morgan fingerprint density at radius 2 is 1.78 bits per heavy atom. The average molecular weight is 191 g/mol. The standard InChI is InChI=1S/C7H11BrO/c8-6-2-4-1-5(4)3-7(6)9/h4-7,9H,1-3H2/t4-,5+,6-,7-/m1/s1. The van der Waals surface area contributed by atoms with E-state index in [1.807, 2.05) is 0 Å². The Morgan fingerprint density at radius 1 is 1.11 bits per heavy atom. The van der Waals surface area contributed by atoms with Crippen molar-refractivity contribution in [2.45, 2.75) is 30.2 Å². The predicted molar refractivity (Wildman–Crippen MR) is 39.6 cm³/mol. The van der Waals surface area contributed by atoms with E-state index in [9.17, 15) is 5.11 Å². The molecule has 2 aliphatic rings. The summed E-state index contributed by atoms with van der Waals surface area (Å²) in [7, 11) is 0. The first-order valence-corrected chi connectivity index (χ1v) is 4.51. The molecule has 0 heterocycles. The van der Waals surface area contributed by atoms with Crippen molar-refractivity contribution >= 4 is 15.9 Å². The van der Waals surface area contributed by atoms with Crippen LogP contribution in [0.15, 0.2) is 0 Å². The van der Waals surface area contributed by atoms with Crippen LogP contribution in [0.25, 0.3) is 0 Å². The lowest BCUT2D eigenvalue weighted by Gasteiger charge is -2.21. The van der Waals surface area contributed by atoms with Gasteiger partial charge in [0.25, 0.3) is 0 Å². The highest BCUT2D eigenvalue weighted by Crippen LogP contribution is 2.50. The van der Waals surface area contributed by atoms with Gasteiger partial charge in [0.1, 0.15) is 0 Å². The molecule has 0 aromatic carbocycles. The normalized spacial score (nSPS) is 56.7. The molecule has 2 aliphatic carbocycles. The zero-order valence-corrected chi connectivity index (χ0v) is 6.84. The second kappa shape index (κ2) is 1.96. The van der Waals surface area contributed by atoms with Crippen molar-refractivity contribution in [2.75, 3.05) is 0 Å². The molecular weight excluding hydrogens is 180 g/mol. The van der Waals surface area contributed by atoms with Gasteiger partial charge in [0.2, 0.25) is 0 Å². The number of aliphatic hydroxyl groups excluding tert-OH is 1. The lowest BCUT2D eigenvalue weighted by atomic mass is 9.98. The monoisotopic (exact) mass is 190 g/mol. The number of hydrogen-bond donors (Lipinski definition) is 1. The molecule has 0 bridgehead atoms. The number of alkyl halides is 1. The summed E-state index contributed by atoms with van der Waals surface area (Å²) >= 11 is 3.47. The van der Waals surface area contributed by atoms with Crippen molar-refractivity contribution in [1.82, 2.24) is 0 Å². The highest BCUT2D eigenvalue weighted by atomic mass is 79.9. The van der Waals surface area contributed by atoms with Crippen LogP contribution in [0, 0.1) is 11.8 Å². The number of rotatable bonds is 0. The predicted octanol–water partition coefficient (Wildman–Crippen LogP) is 1.54. The van der Waals surface area contributed by atoms with E-state index in [0.29, 0.717) is 4.83 Å². The van der Waals surface area contributed by atoms with Gasteiger partial charge in [-0.3, -0.25) is 0 Å². The van der Waals surface area contributed by atoms with Crippen LogP contribution in [-0.4, -0.2) is 16.0 Å². The molecule has 0 amide bonds. The van der Waals surface area contributed by atoms with Crippen LogP contribution in [0.2, 0.25) is 0 Å². The van der Waals surface area contributed by atoms with E-state index < -0.39 is 0 Å². The van der Waals surface area contributed by atoms with E-state index in [2.05, 4.69) is 15.9 Å². The Balaban J connectivity index is 1.98. The molecule has 1 N–H and O–H groups in total. The molecule has 0 spiro atoms. The van der Waals surface area contributed by atoms with Crippen LogP contribution < -0.4 is 0 Å². The van der Waals surface area contributed by atoms with E-state index in [4.69, 9.17) is 0 Å². The third-order valence-corrected chi connectivity index (χ3v) is 3.54. The minimum atomic E-state index is -0.0613. The first kappa shape index (κ1) is 6.17. The first-order chi connectivity index (χ1) is 4.27. The summed E-state index contributed by atoms with van der Waals surface area (Å²) in [5.41, 5.74) is 0. The fraction of sp³-hybridized carbons (Fsp3) is 1.00. The second-order valence-electron chi connectivity index (χ2n) is 3.31. The van der Waals surface area contributed by atoms with Crippen LogP contribution in [0.4, 0.5) is 0 Å². The van der Waals surface area contributed by atoms with Crippen LogP contribution >= 0.6 is 15.9 Å². The molecule has 9 heavy (non-hydrogen) atoms. The van der Waals surface area contributed by atoms with Crippen LogP contribution in [0.5, 0.6) is 0 Å². The summed E-state index contributed by atoms with van der Waals surface area (Å²) in [6, 6.07) is 0. The van der Waals surface area contributed by atoms with Gasteiger partial charge in [-0.2, -0.15) is 0 Å². The van der Waals surface area contributed by atoms with Gasteiger partial charge in [0, 0.05) is 4.83 Å². The first-order valence-electron chi connectivity index (χ1n) is 3.59. The molecule has 2 heteroatoms. The Hall–Kier alpha value is 0.440.